The standard InChI is InChI=1S/C21H22IN5O4S/c1-13-3-5-15(6-4-13)30-7-8-31-20-16(22)9-14(10-17(20)29-2)12-24-25-18(28)11-19-26-27-21(23)32-19/h3-6,9-10,12H,7-8,11H2,1-2H3,(H2,23,27)(H,25,28)/b24-12+. The van der Waals surface area contributed by atoms with E-state index in [0.717, 1.165) is 26.2 Å². The summed E-state index contributed by atoms with van der Waals surface area (Å²) >= 11 is 3.33. The summed E-state index contributed by atoms with van der Waals surface area (Å²) < 4.78 is 17.9. The van der Waals surface area contributed by atoms with E-state index >= 15 is 0 Å². The lowest BCUT2D eigenvalue weighted by molar-refractivity contribution is -0.120. The monoisotopic (exact) mass is 567 g/mol. The molecule has 0 fully saturated rings. The van der Waals surface area contributed by atoms with Crippen LogP contribution < -0.4 is 25.4 Å². The fourth-order valence-electron chi connectivity index (χ4n) is 2.59. The molecule has 11 heteroatoms. The number of aromatic nitrogens is 2. The Bertz CT molecular complexity index is 1090. The van der Waals surface area contributed by atoms with Gasteiger partial charge in [0.1, 0.15) is 24.0 Å². The van der Waals surface area contributed by atoms with E-state index in [9.17, 15) is 4.79 Å². The summed E-state index contributed by atoms with van der Waals surface area (Å²) in [5.41, 5.74) is 9.89. The maximum Gasteiger partial charge on any atom is 0.247 e. The Balaban J connectivity index is 1.53. The SMILES string of the molecule is COc1cc(/C=N/NC(=O)Cc2nnc(N)s2)cc(I)c1OCCOc1ccc(C)cc1. The zero-order valence-corrected chi connectivity index (χ0v) is 20.5. The molecule has 0 saturated carbocycles. The van der Waals surface area contributed by atoms with Crippen LogP contribution in [-0.2, 0) is 11.2 Å². The molecule has 9 nitrogen and oxygen atoms in total. The second-order valence-electron chi connectivity index (χ2n) is 6.55. The zero-order chi connectivity index (χ0) is 22.9. The highest BCUT2D eigenvalue weighted by Crippen LogP contribution is 2.33. The number of hydrogen-bond donors (Lipinski definition) is 2. The molecular formula is C21H22IN5O4S. The predicted octanol–water partition coefficient (Wildman–Crippen LogP) is 3.19. The summed E-state index contributed by atoms with van der Waals surface area (Å²) in [5, 5.41) is 12.3. The third-order valence-corrected chi connectivity index (χ3v) is 5.62. The van der Waals surface area contributed by atoms with Gasteiger partial charge in [-0.2, -0.15) is 5.10 Å². The van der Waals surface area contributed by atoms with E-state index in [1.807, 2.05) is 37.3 Å². The van der Waals surface area contributed by atoms with Gasteiger partial charge in [-0.1, -0.05) is 29.0 Å². The molecule has 0 saturated heterocycles. The Labute approximate surface area is 203 Å². The molecular weight excluding hydrogens is 545 g/mol. The van der Waals surface area contributed by atoms with Crippen molar-refractivity contribution in [3.8, 4) is 17.2 Å². The normalized spacial score (nSPS) is 10.8. The van der Waals surface area contributed by atoms with Crippen molar-refractivity contribution in [3.05, 3.63) is 56.1 Å². The van der Waals surface area contributed by atoms with Crippen LogP contribution in [0.3, 0.4) is 0 Å². The maximum atomic E-state index is 11.9. The first-order chi connectivity index (χ1) is 15.4. The van der Waals surface area contributed by atoms with Crippen LogP contribution in [0, 0.1) is 10.5 Å². The highest BCUT2D eigenvalue weighted by molar-refractivity contribution is 14.1. The molecule has 0 aliphatic rings. The zero-order valence-electron chi connectivity index (χ0n) is 17.5. The molecule has 3 aromatic rings. The van der Waals surface area contributed by atoms with Crippen LogP contribution in [0.15, 0.2) is 41.5 Å². The van der Waals surface area contributed by atoms with Crippen molar-refractivity contribution < 1.29 is 19.0 Å². The predicted molar refractivity (Wildman–Crippen MR) is 132 cm³/mol. The second kappa shape index (κ2) is 11.6. The number of amides is 1. The van der Waals surface area contributed by atoms with Crippen LogP contribution in [0.1, 0.15) is 16.1 Å². The van der Waals surface area contributed by atoms with E-state index in [2.05, 4.69) is 43.3 Å². The fraction of sp³-hybridized carbons (Fsp3) is 0.238. The molecule has 2 aromatic carbocycles. The average Bonchev–Trinajstić information content (AvgIpc) is 3.17. The highest BCUT2D eigenvalue weighted by atomic mass is 127. The van der Waals surface area contributed by atoms with Crippen LogP contribution in [0.2, 0.25) is 0 Å². The highest BCUT2D eigenvalue weighted by Gasteiger charge is 2.12. The van der Waals surface area contributed by atoms with Crippen molar-refractivity contribution in [1.29, 1.82) is 0 Å². The average molecular weight is 567 g/mol. The Morgan fingerprint density at radius 1 is 1.22 bits per heavy atom. The third-order valence-electron chi connectivity index (χ3n) is 4.07. The second-order valence-corrected chi connectivity index (χ2v) is 8.80. The van der Waals surface area contributed by atoms with Gasteiger partial charge in [0.15, 0.2) is 11.5 Å². The Kier molecular flexibility index (Phi) is 8.62. The molecule has 3 rings (SSSR count). The molecule has 0 aliphatic carbocycles. The number of rotatable bonds is 10. The summed E-state index contributed by atoms with van der Waals surface area (Å²) in [5.74, 6) is 1.66. The number of methoxy groups -OCH3 is 1. The van der Waals surface area contributed by atoms with Gasteiger partial charge in [0.25, 0.3) is 0 Å². The molecule has 3 N–H and O–H groups in total. The number of nitrogens with one attached hydrogen (secondary N) is 1. The first-order valence-corrected chi connectivity index (χ1v) is 11.4. The smallest absolute Gasteiger partial charge is 0.247 e. The number of benzene rings is 2. The van der Waals surface area contributed by atoms with Crippen molar-refractivity contribution in [2.24, 2.45) is 5.10 Å². The summed E-state index contributed by atoms with van der Waals surface area (Å²) in [6.45, 7) is 2.79. The minimum absolute atomic E-state index is 0.0600. The molecule has 0 radical (unpaired) electrons. The Morgan fingerprint density at radius 2 is 1.97 bits per heavy atom. The minimum atomic E-state index is -0.312. The van der Waals surface area contributed by atoms with E-state index in [1.165, 1.54) is 11.8 Å². The van der Waals surface area contributed by atoms with Crippen LogP contribution in [0.4, 0.5) is 5.13 Å². The number of ether oxygens (including phenoxy) is 3. The first-order valence-electron chi connectivity index (χ1n) is 9.54. The molecule has 0 bridgehead atoms. The molecule has 1 aromatic heterocycles. The van der Waals surface area contributed by atoms with Gasteiger partial charge in [-0.3, -0.25) is 4.79 Å². The number of nitrogen functional groups attached to an aromatic ring is 1. The summed E-state index contributed by atoms with van der Waals surface area (Å²) in [7, 11) is 1.57. The van der Waals surface area contributed by atoms with E-state index in [-0.39, 0.29) is 12.3 Å². The van der Waals surface area contributed by atoms with Gasteiger partial charge in [-0.05, 0) is 59.3 Å². The number of nitrogens with zero attached hydrogens (tertiary/aromatic N) is 3. The molecule has 168 valence electrons. The largest absolute Gasteiger partial charge is 0.493 e. The van der Waals surface area contributed by atoms with Crippen molar-refractivity contribution in [2.45, 2.75) is 13.3 Å². The van der Waals surface area contributed by atoms with E-state index in [4.69, 9.17) is 19.9 Å². The number of aryl methyl sites for hydroxylation is 1. The topological polar surface area (TPSA) is 121 Å². The van der Waals surface area contributed by atoms with Gasteiger partial charge >= 0.3 is 0 Å². The van der Waals surface area contributed by atoms with Crippen LogP contribution >= 0.6 is 33.9 Å². The molecule has 0 unspecified atom stereocenters. The molecule has 0 spiro atoms. The van der Waals surface area contributed by atoms with Crippen LogP contribution in [-0.4, -0.2) is 42.6 Å². The summed E-state index contributed by atoms with van der Waals surface area (Å²) in [6, 6.07) is 11.5. The minimum Gasteiger partial charge on any atom is -0.493 e. The quantitative estimate of drug-likeness (QED) is 0.167. The number of carbonyl (C=O) groups is 1. The fourth-order valence-corrected chi connectivity index (χ4v) is 3.97. The van der Waals surface area contributed by atoms with Crippen molar-refractivity contribution >= 4 is 51.2 Å². The number of hydrazone groups is 1. The van der Waals surface area contributed by atoms with Crippen molar-refractivity contribution in [1.82, 2.24) is 15.6 Å². The van der Waals surface area contributed by atoms with E-state index < -0.39 is 0 Å². The van der Waals surface area contributed by atoms with Gasteiger partial charge in [-0.15, -0.1) is 10.2 Å². The molecule has 0 atom stereocenters. The lowest BCUT2D eigenvalue weighted by atomic mass is 10.2. The molecule has 1 amide bonds. The van der Waals surface area contributed by atoms with Gasteiger partial charge in [0.05, 0.1) is 23.3 Å². The Hall–Kier alpha value is -2.93. The first kappa shape index (κ1) is 23.7. The van der Waals surface area contributed by atoms with Crippen molar-refractivity contribution in [2.75, 3.05) is 26.1 Å². The Morgan fingerprint density at radius 3 is 2.66 bits per heavy atom. The number of halogens is 1. The summed E-state index contributed by atoms with van der Waals surface area (Å²) in [4.78, 5) is 11.9. The number of anilines is 1. The maximum absolute atomic E-state index is 11.9. The van der Waals surface area contributed by atoms with Gasteiger partial charge in [-0.25, -0.2) is 5.43 Å². The van der Waals surface area contributed by atoms with Gasteiger partial charge in [0, 0.05) is 0 Å². The lowest BCUT2D eigenvalue weighted by Crippen LogP contribution is -2.19. The molecule has 32 heavy (non-hydrogen) atoms. The molecule has 0 aliphatic heterocycles. The van der Waals surface area contributed by atoms with Gasteiger partial charge in [0.2, 0.25) is 11.0 Å². The van der Waals surface area contributed by atoms with E-state index in [1.54, 1.807) is 13.2 Å². The summed E-state index contributed by atoms with van der Waals surface area (Å²) in [6.07, 6.45) is 1.59. The van der Waals surface area contributed by atoms with Gasteiger partial charge < -0.3 is 19.9 Å². The van der Waals surface area contributed by atoms with E-state index in [0.29, 0.717) is 34.9 Å². The lowest BCUT2D eigenvalue weighted by Gasteiger charge is -2.14. The molecule has 1 heterocycles. The third kappa shape index (κ3) is 7.05. The number of hydrogen-bond acceptors (Lipinski definition) is 9. The van der Waals surface area contributed by atoms with Crippen LogP contribution in [0.5, 0.6) is 17.2 Å². The number of carbonyl (C=O) groups excluding carboxylic acids is 1. The van der Waals surface area contributed by atoms with Crippen LogP contribution in [0.25, 0.3) is 0 Å². The van der Waals surface area contributed by atoms with Crippen molar-refractivity contribution in [3.63, 3.8) is 0 Å². The number of nitrogens with two attached hydrogens (primary N) is 1.